The van der Waals surface area contributed by atoms with Gasteiger partial charge in [0.25, 0.3) is 5.91 Å². The van der Waals surface area contributed by atoms with Crippen LogP contribution < -0.4 is 10.6 Å². The Morgan fingerprint density at radius 3 is 1.89 bits per heavy atom. The number of para-hydroxylation sites is 2. The first-order valence-electron chi connectivity index (χ1n) is 8.57. The fourth-order valence-electron chi connectivity index (χ4n) is 2.58. The second-order valence-electron chi connectivity index (χ2n) is 5.79. The van der Waals surface area contributed by atoms with E-state index in [0.29, 0.717) is 30.0 Å². The number of carbonyl (C=O) groups excluding carboxylic acids is 2. The lowest BCUT2D eigenvalue weighted by atomic mass is 10.2. The van der Waals surface area contributed by atoms with Crippen molar-refractivity contribution in [2.75, 3.05) is 23.7 Å². The van der Waals surface area contributed by atoms with Crippen molar-refractivity contribution in [1.82, 2.24) is 4.31 Å². The first-order valence-corrected chi connectivity index (χ1v) is 10.0. The van der Waals surface area contributed by atoms with Crippen LogP contribution in [0.4, 0.5) is 11.4 Å². The van der Waals surface area contributed by atoms with Crippen LogP contribution in [0.5, 0.6) is 0 Å². The Morgan fingerprint density at radius 1 is 0.889 bits per heavy atom. The fourth-order valence-corrected chi connectivity index (χ4v) is 4.03. The van der Waals surface area contributed by atoms with Crippen molar-refractivity contribution in [2.45, 2.75) is 25.7 Å². The van der Waals surface area contributed by atoms with Crippen LogP contribution in [0.1, 0.15) is 31.1 Å². The number of carbonyl (C=O) groups is 2. The van der Waals surface area contributed by atoms with Crippen molar-refractivity contribution < 1.29 is 18.0 Å². The normalized spacial score (nSPS) is 11.3. The highest BCUT2D eigenvalue weighted by Crippen LogP contribution is 2.22. The molecule has 0 aliphatic heterocycles. The molecule has 2 aromatic rings. The summed E-state index contributed by atoms with van der Waals surface area (Å²) < 4.78 is 26.4. The molecule has 0 bridgehead atoms. The van der Waals surface area contributed by atoms with E-state index in [4.69, 9.17) is 0 Å². The summed E-state index contributed by atoms with van der Waals surface area (Å²) in [6.07, 6.45) is 0. The number of benzene rings is 2. The van der Waals surface area contributed by atoms with Crippen molar-refractivity contribution in [2.24, 2.45) is 0 Å². The highest BCUT2D eigenvalue weighted by molar-refractivity contribution is 7.89. The predicted molar refractivity (Wildman–Crippen MR) is 105 cm³/mol. The van der Waals surface area contributed by atoms with Gasteiger partial charge < -0.3 is 10.6 Å². The van der Waals surface area contributed by atoms with E-state index in [9.17, 15) is 18.0 Å². The van der Waals surface area contributed by atoms with Crippen molar-refractivity contribution in [3.05, 3.63) is 54.1 Å². The average Bonchev–Trinajstić information content (AvgIpc) is 2.64. The predicted octanol–water partition coefficient (Wildman–Crippen LogP) is 2.93. The minimum absolute atomic E-state index is 0.140. The number of anilines is 2. The first-order chi connectivity index (χ1) is 12.8. The van der Waals surface area contributed by atoms with Gasteiger partial charge in [0.15, 0.2) is 0 Å². The minimum atomic E-state index is -3.57. The van der Waals surface area contributed by atoms with E-state index in [1.807, 2.05) is 0 Å². The summed E-state index contributed by atoms with van der Waals surface area (Å²) in [7, 11) is -3.57. The molecule has 0 radical (unpaired) electrons. The molecule has 2 aromatic carbocycles. The number of hydrogen-bond acceptors (Lipinski definition) is 4. The molecule has 0 spiro atoms. The molecule has 2 amide bonds. The van der Waals surface area contributed by atoms with E-state index >= 15 is 0 Å². The van der Waals surface area contributed by atoms with E-state index in [1.54, 1.807) is 38.1 Å². The maximum atomic E-state index is 12.5. The van der Waals surface area contributed by atoms with E-state index in [1.165, 1.54) is 35.5 Å². The molecule has 2 rings (SSSR count). The van der Waals surface area contributed by atoms with Gasteiger partial charge in [-0.3, -0.25) is 9.59 Å². The molecule has 0 saturated heterocycles. The Bertz CT molecular complexity index is 920. The number of rotatable bonds is 7. The molecule has 0 fully saturated rings. The van der Waals surface area contributed by atoms with Gasteiger partial charge in [-0.1, -0.05) is 26.0 Å². The van der Waals surface area contributed by atoms with Crippen molar-refractivity contribution >= 4 is 33.2 Å². The lowest BCUT2D eigenvalue weighted by Crippen LogP contribution is -2.30. The Hall–Kier alpha value is -2.71. The summed E-state index contributed by atoms with van der Waals surface area (Å²) in [5.74, 6) is -0.651. The minimum Gasteiger partial charge on any atom is -0.325 e. The maximum absolute atomic E-state index is 12.5. The molecule has 0 atom stereocenters. The van der Waals surface area contributed by atoms with Crippen LogP contribution in [-0.2, 0) is 14.8 Å². The zero-order chi connectivity index (χ0) is 20.0. The Morgan fingerprint density at radius 2 is 1.41 bits per heavy atom. The molecular weight excluding hydrogens is 366 g/mol. The Balaban J connectivity index is 2.21. The van der Waals surface area contributed by atoms with Crippen LogP contribution in [0, 0.1) is 0 Å². The zero-order valence-corrected chi connectivity index (χ0v) is 16.3. The fraction of sp³-hybridized carbons (Fsp3) is 0.263. The number of nitrogens with one attached hydrogen (secondary N) is 2. The van der Waals surface area contributed by atoms with Crippen molar-refractivity contribution in [3.8, 4) is 0 Å². The van der Waals surface area contributed by atoms with Crippen LogP contribution in [0.2, 0.25) is 0 Å². The van der Waals surface area contributed by atoms with Gasteiger partial charge in [0.1, 0.15) is 0 Å². The van der Waals surface area contributed by atoms with E-state index in [2.05, 4.69) is 10.6 Å². The summed E-state index contributed by atoms with van der Waals surface area (Å²) >= 11 is 0. The van der Waals surface area contributed by atoms with E-state index in [0.717, 1.165) is 0 Å². The van der Waals surface area contributed by atoms with Crippen LogP contribution in [0.15, 0.2) is 53.4 Å². The van der Waals surface area contributed by atoms with Crippen LogP contribution >= 0.6 is 0 Å². The third-order valence-corrected chi connectivity index (χ3v) is 6.01. The van der Waals surface area contributed by atoms with Gasteiger partial charge in [0.05, 0.1) is 16.3 Å². The SMILES string of the molecule is CCN(CC)S(=O)(=O)c1ccc(C(=O)Nc2ccccc2NC(C)=O)cc1. The summed E-state index contributed by atoms with van der Waals surface area (Å²) in [4.78, 5) is 23.9. The van der Waals surface area contributed by atoms with Crippen molar-refractivity contribution in [1.29, 1.82) is 0 Å². The van der Waals surface area contributed by atoms with Crippen LogP contribution in [0.3, 0.4) is 0 Å². The number of sulfonamides is 1. The van der Waals surface area contributed by atoms with Crippen LogP contribution in [-0.4, -0.2) is 37.6 Å². The van der Waals surface area contributed by atoms with Gasteiger partial charge in [0, 0.05) is 25.6 Å². The lowest BCUT2D eigenvalue weighted by molar-refractivity contribution is -0.114. The molecular formula is C19H23N3O4S. The molecule has 2 N–H and O–H groups in total. The molecule has 0 aliphatic rings. The monoisotopic (exact) mass is 389 g/mol. The highest BCUT2D eigenvalue weighted by Gasteiger charge is 2.21. The second-order valence-corrected chi connectivity index (χ2v) is 7.73. The maximum Gasteiger partial charge on any atom is 0.255 e. The topological polar surface area (TPSA) is 95.6 Å². The van der Waals surface area contributed by atoms with Crippen molar-refractivity contribution in [3.63, 3.8) is 0 Å². The molecule has 0 aromatic heterocycles. The third-order valence-electron chi connectivity index (χ3n) is 3.95. The molecule has 8 heteroatoms. The largest absolute Gasteiger partial charge is 0.325 e. The van der Waals surface area contributed by atoms with Gasteiger partial charge in [0.2, 0.25) is 15.9 Å². The quantitative estimate of drug-likeness (QED) is 0.761. The zero-order valence-electron chi connectivity index (χ0n) is 15.5. The molecule has 27 heavy (non-hydrogen) atoms. The Kier molecular flexibility index (Phi) is 6.70. The number of hydrogen-bond donors (Lipinski definition) is 2. The second kappa shape index (κ2) is 8.79. The average molecular weight is 389 g/mol. The molecule has 7 nitrogen and oxygen atoms in total. The Labute approximate surface area is 159 Å². The van der Waals surface area contributed by atoms with Gasteiger partial charge in [-0.2, -0.15) is 4.31 Å². The van der Waals surface area contributed by atoms with Gasteiger partial charge in [-0.25, -0.2) is 8.42 Å². The van der Waals surface area contributed by atoms with E-state index in [-0.39, 0.29) is 10.8 Å². The summed E-state index contributed by atoms with van der Waals surface area (Å²) in [5, 5.41) is 5.37. The summed E-state index contributed by atoms with van der Waals surface area (Å²) in [6, 6.07) is 12.6. The van der Waals surface area contributed by atoms with E-state index < -0.39 is 15.9 Å². The summed E-state index contributed by atoms with van der Waals surface area (Å²) in [5.41, 5.74) is 1.25. The third kappa shape index (κ3) is 4.93. The summed E-state index contributed by atoms with van der Waals surface area (Å²) in [6.45, 7) is 5.68. The van der Waals surface area contributed by atoms with Gasteiger partial charge >= 0.3 is 0 Å². The standard InChI is InChI=1S/C19H23N3O4S/c1-4-22(5-2)27(25,26)16-12-10-15(11-13-16)19(24)21-18-9-7-6-8-17(18)20-14(3)23/h6-13H,4-5H2,1-3H3,(H,20,23)(H,21,24). The molecule has 0 unspecified atom stereocenters. The lowest BCUT2D eigenvalue weighted by Gasteiger charge is -2.18. The molecule has 0 heterocycles. The van der Waals surface area contributed by atoms with Gasteiger partial charge in [-0.05, 0) is 36.4 Å². The highest BCUT2D eigenvalue weighted by atomic mass is 32.2. The molecule has 0 saturated carbocycles. The van der Waals surface area contributed by atoms with Gasteiger partial charge in [-0.15, -0.1) is 0 Å². The van der Waals surface area contributed by atoms with Crippen LogP contribution in [0.25, 0.3) is 0 Å². The molecule has 144 valence electrons. The molecule has 0 aliphatic carbocycles. The number of amides is 2. The number of nitrogens with zero attached hydrogens (tertiary/aromatic N) is 1. The smallest absolute Gasteiger partial charge is 0.255 e. The first kappa shape index (κ1) is 20.6.